The summed E-state index contributed by atoms with van der Waals surface area (Å²) in [5.74, 6) is 0.643. The predicted octanol–water partition coefficient (Wildman–Crippen LogP) is 4.85. The van der Waals surface area contributed by atoms with E-state index in [9.17, 15) is 0 Å². The van der Waals surface area contributed by atoms with E-state index in [2.05, 4.69) is 10.3 Å². The van der Waals surface area contributed by atoms with Crippen LogP contribution in [0.25, 0.3) is 10.9 Å². The lowest BCUT2D eigenvalue weighted by Crippen LogP contribution is -2.37. The molecule has 0 spiro atoms. The molecule has 0 radical (unpaired) electrons. The number of benzene rings is 1. The number of hydrogen-bond acceptors (Lipinski definition) is 2. The van der Waals surface area contributed by atoms with Gasteiger partial charge in [0.1, 0.15) is 0 Å². The molecule has 19 heavy (non-hydrogen) atoms. The first-order valence-corrected chi connectivity index (χ1v) is 7.52. The van der Waals surface area contributed by atoms with Crippen LogP contribution >= 0.6 is 23.2 Å². The van der Waals surface area contributed by atoms with Gasteiger partial charge < -0.3 is 5.32 Å². The van der Waals surface area contributed by atoms with Gasteiger partial charge in [-0.2, -0.15) is 0 Å². The minimum Gasteiger partial charge on any atom is -0.378 e. The molecular formula is C15H16Cl2N2. The fraction of sp³-hybridized carbons (Fsp3) is 0.400. The Morgan fingerprint density at radius 2 is 2.00 bits per heavy atom. The van der Waals surface area contributed by atoms with Crippen molar-refractivity contribution in [2.24, 2.45) is 0 Å². The molecule has 0 amide bonds. The SMILES string of the molecule is ClCC1(Nc2ccnc3cc(Cl)ccc23)CCCC1. The second-order valence-electron chi connectivity index (χ2n) is 5.27. The van der Waals surface area contributed by atoms with Gasteiger partial charge >= 0.3 is 0 Å². The van der Waals surface area contributed by atoms with Crippen LogP contribution < -0.4 is 5.32 Å². The highest BCUT2D eigenvalue weighted by molar-refractivity contribution is 6.31. The Morgan fingerprint density at radius 1 is 1.21 bits per heavy atom. The van der Waals surface area contributed by atoms with Gasteiger partial charge in [0.15, 0.2) is 0 Å². The van der Waals surface area contributed by atoms with Gasteiger partial charge in [0.25, 0.3) is 0 Å². The van der Waals surface area contributed by atoms with Gasteiger partial charge in [-0.25, -0.2) is 0 Å². The summed E-state index contributed by atoms with van der Waals surface area (Å²) < 4.78 is 0. The lowest BCUT2D eigenvalue weighted by molar-refractivity contribution is 0.540. The average molecular weight is 295 g/mol. The topological polar surface area (TPSA) is 24.9 Å². The van der Waals surface area contributed by atoms with Crippen LogP contribution in [0.15, 0.2) is 30.5 Å². The lowest BCUT2D eigenvalue weighted by atomic mass is 9.99. The van der Waals surface area contributed by atoms with Crippen LogP contribution in [0.2, 0.25) is 5.02 Å². The number of alkyl halides is 1. The molecule has 2 aromatic rings. The normalized spacial score (nSPS) is 17.8. The summed E-state index contributed by atoms with van der Waals surface area (Å²) in [6, 6.07) is 7.83. The molecule has 0 aliphatic heterocycles. The van der Waals surface area contributed by atoms with Crippen molar-refractivity contribution in [2.45, 2.75) is 31.2 Å². The number of pyridine rings is 1. The van der Waals surface area contributed by atoms with E-state index in [0.29, 0.717) is 10.9 Å². The molecule has 1 fully saturated rings. The molecule has 3 rings (SSSR count). The minimum absolute atomic E-state index is 0.0372. The molecule has 0 saturated heterocycles. The van der Waals surface area contributed by atoms with Gasteiger partial charge in [-0.15, -0.1) is 11.6 Å². The average Bonchev–Trinajstić information content (AvgIpc) is 2.88. The quantitative estimate of drug-likeness (QED) is 0.819. The van der Waals surface area contributed by atoms with Crippen molar-refractivity contribution in [3.05, 3.63) is 35.5 Å². The number of rotatable bonds is 3. The fourth-order valence-electron chi connectivity index (χ4n) is 2.86. The van der Waals surface area contributed by atoms with E-state index in [0.717, 1.165) is 29.4 Å². The van der Waals surface area contributed by atoms with Crippen molar-refractivity contribution in [1.29, 1.82) is 0 Å². The van der Waals surface area contributed by atoms with Crippen molar-refractivity contribution in [2.75, 3.05) is 11.2 Å². The van der Waals surface area contributed by atoms with Gasteiger partial charge in [-0.3, -0.25) is 4.98 Å². The first kappa shape index (κ1) is 13.0. The Morgan fingerprint density at radius 3 is 2.74 bits per heavy atom. The Balaban J connectivity index is 2.01. The highest BCUT2D eigenvalue weighted by Gasteiger charge is 2.33. The summed E-state index contributed by atoms with van der Waals surface area (Å²) in [6.07, 6.45) is 6.57. The highest BCUT2D eigenvalue weighted by Crippen LogP contribution is 2.36. The number of nitrogens with zero attached hydrogens (tertiary/aromatic N) is 1. The molecule has 1 aliphatic rings. The summed E-state index contributed by atoms with van der Waals surface area (Å²) in [5.41, 5.74) is 2.06. The first-order chi connectivity index (χ1) is 9.22. The van der Waals surface area contributed by atoms with E-state index in [1.807, 2.05) is 30.5 Å². The lowest BCUT2D eigenvalue weighted by Gasteiger charge is -2.29. The monoisotopic (exact) mass is 294 g/mol. The zero-order valence-electron chi connectivity index (χ0n) is 10.6. The summed E-state index contributed by atoms with van der Waals surface area (Å²) in [5, 5.41) is 5.46. The van der Waals surface area contributed by atoms with E-state index in [-0.39, 0.29) is 5.54 Å². The molecule has 4 heteroatoms. The van der Waals surface area contributed by atoms with Crippen LogP contribution in [0.1, 0.15) is 25.7 Å². The third kappa shape index (κ3) is 2.52. The summed E-state index contributed by atoms with van der Waals surface area (Å²) in [6.45, 7) is 0. The van der Waals surface area contributed by atoms with Crippen LogP contribution in [0.4, 0.5) is 5.69 Å². The van der Waals surface area contributed by atoms with Gasteiger partial charge in [0.2, 0.25) is 0 Å². The Labute approximate surface area is 123 Å². The number of nitrogens with one attached hydrogen (secondary N) is 1. The molecule has 1 aromatic heterocycles. The third-order valence-electron chi connectivity index (χ3n) is 3.92. The number of aromatic nitrogens is 1. The molecule has 0 unspecified atom stereocenters. The largest absolute Gasteiger partial charge is 0.378 e. The van der Waals surface area contributed by atoms with E-state index < -0.39 is 0 Å². The summed E-state index contributed by atoms with van der Waals surface area (Å²) in [4.78, 5) is 4.37. The molecular weight excluding hydrogens is 279 g/mol. The minimum atomic E-state index is 0.0372. The molecule has 0 atom stereocenters. The van der Waals surface area contributed by atoms with E-state index in [1.54, 1.807) is 0 Å². The fourth-order valence-corrected chi connectivity index (χ4v) is 3.36. The van der Waals surface area contributed by atoms with Crippen molar-refractivity contribution >= 4 is 39.8 Å². The van der Waals surface area contributed by atoms with E-state index >= 15 is 0 Å². The highest BCUT2D eigenvalue weighted by atomic mass is 35.5. The van der Waals surface area contributed by atoms with E-state index in [1.165, 1.54) is 12.8 Å². The van der Waals surface area contributed by atoms with Crippen LogP contribution in [0.3, 0.4) is 0 Å². The number of halogens is 2. The first-order valence-electron chi connectivity index (χ1n) is 6.61. The Kier molecular flexibility index (Phi) is 3.55. The number of fused-ring (bicyclic) bond motifs is 1. The van der Waals surface area contributed by atoms with E-state index in [4.69, 9.17) is 23.2 Å². The molecule has 1 heterocycles. The molecule has 100 valence electrons. The standard InChI is InChI=1S/C15H16Cl2N2/c16-10-15(6-1-2-7-15)19-13-5-8-18-14-9-11(17)3-4-12(13)14/h3-5,8-9H,1-2,6-7,10H2,(H,18,19). The molecule has 1 saturated carbocycles. The third-order valence-corrected chi connectivity index (χ3v) is 4.67. The number of hydrogen-bond donors (Lipinski definition) is 1. The summed E-state index contributed by atoms with van der Waals surface area (Å²) in [7, 11) is 0. The molecule has 0 bridgehead atoms. The second kappa shape index (κ2) is 5.18. The predicted molar refractivity (Wildman–Crippen MR) is 82.3 cm³/mol. The van der Waals surface area contributed by atoms with Crippen LogP contribution in [-0.2, 0) is 0 Å². The molecule has 1 N–H and O–H groups in total. The van der Waals surface area contributed by atoms with Crippen molar-refractivity contribution in [3.8, 4) is 0 Å². The zero-order chi connectivity index (χ0) is 13.3. The van der Waals surface area contributed by atoms with Crippen LogP contribution in [0.5, 0.6) is 0 Å². The zero-order valence-corrected chi connectivity index (χ0v) is 12.1. The Bertz CT molecular complexity index is 592. The van der Waals surface area contributed by atoms with Crippen molar-refractivity contribution < 1.29 is 0 Å². The van der Waals surface area contributed by atoms with Crippen molar-refractivity contribution in [3.63, 3.8) is 0 Å². The maximum atomic E-state index is 6.19. The van der Waals surface area contributed by atoms with Crippen molar-refractivity contribution in [1.82, 2.24) is 4.98 Å². The maximum Gasteiger partial charge on any atom is 0.0737 e. The molecule has 2 nitrogen and oxygen atoms in total. The van der Waals surface area contributed by atoms with Crippen LogP contribution in [0, 0.1) is 0 Å². The maximum absolute atomic E-state index is 6.19. The van der Waals surface area contributed by atoms with Gasteiger partial charge in [-0.05, 0) is 37.1 Å². The smallest absolute Gasteiger partial charge is 0.0737 e. The van der Waals surface area contributed by atoms with Gasteiger partial charge in [0.05, 0.1) is 11.1 Å². The van der Waals surface area contributed by atoms with Gasteiger partial charge in [0, 0.05) is 28.2 Å². The summed E-state index contributed by atoms with van der Waals surface area (Å²) >= 11 is 12.2. The van der Waals surface area contributed by atoms with Gasteiger partial charge in [-0.1, -0.05) is 24.4 Å². The Hall–Kier alpha value is -0.990. The van der Waals surface area contributed by atoms with Crippen LogP contribution in [-0.4, -0.2) is 16.4 Å². The molecule has 1 aliphatic carbocycles. The molecule has 1 aromatic carbocycles. The second-order valence-corrected chi connectivity index (χ2v) is 5.97. The number of anilines is 1.